The highest BCUT2D eigenvalue weighted by Gasteiger charge is 2.36. The third kappa shape index (κ3) is 46.3. The third-order valence-corrected chi connectivity index (χ3v) is 16.5. The van der Waals surface area contributed by atoms with E-state index in [1.807, 2.05) is 0 Å². The van der Waals surface area contributed by atoms with Gasteiger partial charge in [0.05, 0.1) is 12.6 Å². The van der Waals surface area contributed by atoms with Crippen LogP contribution in [0.15, 0.2) is 54.2 Å². The van der Waals surface area contributed by atoms with Crippen molar-refractivity contribution in [3.8, 4) is 5.75 Å². The topological polar surface area (TPSA) is 885 Å². The second-order valence-electron chi connectivity index (χ2n) is 26.2. The summed E-state index contributed by atoms with van der Waals surface area (Å²) >= 11 is 0. The molecule has 0 aromatic heterocycles. The van der Waals surface area contributed by atoms with Crippen LogP contribution >= 0.6 is 0 Å². The number of carboxylic acids is 1. The van der Waals surface area contributed by atoms with Crippen molar-refractivity contribution in [2.24, 2.45) is 122 Å². The van der Waals surface area contributed by atoms with E-state index in [4.69, 9.17) is 91.7 Å². The van der Waals surface area contributed by atoms with Crippen LogP contribution in [0.5, 0.6) is 5.75 Å². The van der Waals surface area contributed by atoms with E-state index in [9.17, 15) is 72.5 Å². The van der Waals surface area contributed by atoms with E-state index in [1.165, 1.54) is 12.1 Å². The predicted molar refractivity (Wildman–Crippen MR) is 425 cm³/mol. The summed E-state index contributed by atoms with van der Waals surface area (Å²) in [6.07, 6.45) is -1.12. The number of primary amides is 1. The monoisotopic (exact) mass is 1620 g/mol. The SMILES string of the molecule is NCCCC[C@H](NC(=O)[C@H](CCCN=C(N)N)NC(=O)CNC(=O)[C@@H](N)Cc1ccc(O)cc1)C(=O)N[C@@H](CCCCN)C(=O)N[C@@H](CCCN=C(N)N)C(=O)N[C@@H](CCCN=C(N)N)C(=O)N[C@@H](CCC(N)=O)C(=O)N[C@@H](CCCN=C(N)N)C(=O)N[C@@H](CCCN=C(N)N)C(=O)N[C@@H](CCCN=C(N)N)C(=O)NCC(=O)O. The Balaban J connectivity index is 3.94. The summed E-state index contributed by atoms with van der Waals surface area (Å²) in [6.45, 7) is -1.53. The number of hydrogen-bond donors (Lipinski definition) is 29. The molecule has 48 nitrogen and oxygen atoms in total. The van der Waals surface area contributed by atoms with Crippen LogP contribution in [0.2, 0.25) is 0 Å². The van der Waals surface area contributed by atoms with Crippen LogP contribution in [0.3, 0.4) is 0 Å². The number of benzene rings is 1. The number of nitrogens with zero attached hydrogens (tertiary/aromatic N) is 6. The van der Waals surface area contributed by atoms with Gasteiger partial charge in [0.2, 0.25) is 70.9 Å². The molecule has 0 fully saturated rings. The zero-order valence-electron chi connectivity index (χ0n) is 64.1. The Morgan fingerprint density at radius 2 is 0.561 bits per heavy atom. The third-order valence-electron chi connectivity index (χ3n) is 16.5. The maximum Gasteiger partial charge on any atom is 0.322 e. The number of aliphatic imine (C=N–C) groups is 6. The quantitative estimate of drug-likeness (QED) is 0.0164. The van der Waals surface area contributed by atoms with E-state index in [1.54, 1.807) is 12.1 Å². The highest BCUT2D eigenvalue weighted by molar-refractivity contribution is 5.99. The van der Waals surface area contributed by atoms with E-state index < -0.39 is 163 Å². The second-order valence-corrected chi connectivity index (χ2v) is 26.2. The molecule has 10 atom stereocenters. The molecule has 0 bridgehead atoms. The van der Waals surface area contributed by atoms with Gasteiger partial charge in [-0.05, 0) is 159 Å². The number of carboxylic acid groups (broad SMARTS) is 1. The van der Waals surface area contributed by atoms with Crippen molar-refractivity contribution in [1.82, 2.24) is 58.5 Å². The van der Waals surface area contributed by atoms with Crippen molar-refractivity contribution < 1.29 is 72.5 Å². The van der Waals surface area contributed by atoms with Crippen LogP contribution in [0.1, 0.15) is 134 Å². The Kier molecular flexibility index (Phi) is 49.6. The summed E-state index contributed by atoms with van der Waals surface area (Å²) in [6, 6.07) is -8.97. The number of unbranched alkanes of at least 4 members (excludes halogenated alkanes) is 2. The molecule has 12 amide bonds. The Morgan fingerprint density at radius 1 is 0.316 bits per heavy atom. The lowest BCUT2D eigenvalue weighted by Gasteiger charge is -2.28. The zero-order valence-corrected chi connectivity index (χ0v) is 64.1. The van der Waals surface area contributed by atoms with E-state index in [-0.39, 0.29) is 203 Å². The maximum absolute atomic E-state index is 14.9. The largest absolute Gasteiger partial charge is 0.508 e. The fraction of sp³-hybridized carbons (Fsp3) is 0.621. The number of guanidine groups is 6. The number of nitrogens with one attached hydrogen (secondary N) is 11. The zero-order chi connectivity index (χ0) is 85.7. The van der Waals surface area contributed by atoms with Gasteiger partial charge in [0.15, 0.2) is 35.8 Å². The summed E-state index contributed by atoms with van der Waals surface area (Å²) in [5, 5.41) is 46.8. The first kappa shape index (κ1) is 99.6. The summed E-state index contributed by atoms with van der Waals surface area (Å²) < 4.78 is 0. The lowest BCUT2D eigenvalue weighted by Crippen LogP contribution is -2.60. The molecule has 1 aromatic carbocycles. The maximum atomic E-state index is 14.9. The van der Waals surface area contributed by atoms with Gasteiger partial charge in [0.25, 0.3) is 0 Å². The van der Waals surface area contributed by atoms with Gasteiger partial charge in [-0.15, -0.1) is 0 Å². The number of nitrogens with two attached hydrogens (primary N) is 16. The van der Waals surface area contributed by atoms with Gasteiger partial charge in [-0.1, -0.05) is 12.1 Å². The number of aromatic hydroxyl groups is 1. The predicted octanol–water partition coefficient (Wildman–Crippen LogP) is -12.2. The first-order valence-corrected chi connectivity index (χ1v) is 37.0. The molecule has 0 saturated heterocycles. The van der Waals surface area contributed by atoms with Crippen LogP contribution in [-0.4, -0.2) is 249 Å². The molecule has 0 saturated carbocycles. The van der Waals surface area contributed by atoms with Crippen molar-refractivity contribution in [1.29, 1.82) is 0 Å². The standard InChI is InChI=1S/C66H121N33O15/c67-25-3-1-11-41(93-53(107)40(14-6-28-84-62(73)74)91-49(102)34-89-51(105)38(69)33-36-19-21-37(100)22-20-36)54(108)94-42(12-2-4-26-68)55(109)95-44(16-8-30-86-64(77)78)57(111)97-46(18-10-32-88-66(81)82)59(113)99-47(23-24-48(70)101)60(114)98-45(17-9-31-87-65(79)80)58(112)96-43(15-7-29-85-63(75)76)56(110)92-39(13-5-27-83-61(71)72)52(106)90-35-50(103)104/h19-22,38-47,100H,1-18,23-35,67-69H2,(H2,70,101)(H,89,105)(H,90,106)(H,91,102)(H,92,110)(H,93,107)(H,94,108)(H,95,109)(H,96,112)(H,97,111)(H,98,114)(H,99,113)(H,103,104)(H4,71,72,83)(H4,73,74,84)(H4,75,76,85)(H4,77,78,86)(H4,79,80,87)(H4,81,82,88)/t38-,39-,40-,41-,42-,43-,44-,45-,46-,47-/m0/s1. The van der Waals surface area contributed by atoms with Crippen molar-refractivity contribution in [2.45, 2.75) is 195 Å². The highest BCUT2D eigenvalue weighted by atomic mass is 16.4. The average Bonchev–Trinajstić information content (AvgIpc) is 0.861. The summed E-state index contributed by atoms with van der Waals surface area (Å²) in [5.41, 5.74) is 90.6. The molecule has 0 unspecified atom stereocenters. The molecule has 0 spiro atoms. The smallest absolute Gasteiger partial charge is 0.322 e. The van der Waals surface area contributed by atoms with Crippen LogP contribution in [0.4, 0.5) is 0 Å². The Labute approximate surface area is 659 Å². The lowest BCUT2D eigenvalue weighted by molar-refractivity contribution is -0.138. The first-order valence-electron chi connectivity index (χ1n) is 37.0. The van der Waals surface area contributed by atoms with Gasteiger partial charge in [0.1, 0.15) is 66.7 Å². The second kappa shape index (κ2) is 56.8. The van der Waals surface area contributed by atoms with Crippen LogP contribution < -0.4 is 150 Å². The Hall–Kier alpha value is -12.4. The fourth-order valence-electron chi connectivity index (χ4n) is 10.7. The highest BCUT2D eigenvalue weighted by Crippen LogP contribution is 2.15. The lowest BCUT2D eigenvalue weighted by atomic mass is 10.0. The van der Waals surface area contributed by atoms with Gasteiger partial charge >= 0.3 is 5.97 Å². The Bertz CT molecular complexity index is 3430. The number of phenols is 1. The molecule has 114 heavy (non-hydrogen) atoms. The first-order chi connectivity index (χ1) is 54.0. The molecule has 640 valence electrons. The van der Waals surface area contributed by atoms with Crippen LogP contribution in [-0.2, 0) is 68.7 Å². The van der Waals surface area contributed by atoms with Crippen LogP contribution in [0, 0.1) is 0 Å². The number of hydrogen-bond acceptors (Lipinski definition) is 23. The number of phenolic OH excluding ortho intramolecular Hbond substituents is 1. The van der Waals surface area contributed by atoms with E-state index >= 15 is 0 Å². The van der Waals surface area contributed by atoms with Gasteiger partial charge in [-0.25, -0.2) is 0 Å². The number of carbonyl (C=O) groups is 13. The number of rotatable bonds is 60. The Morgan fingerprint density at radius 3 is 0.816 bits per heavy atom. The fourth-order valence-corrected chi connectivity index (χ4v) is 10.7. The van der Waals surface area contributed by atoms with Crippen molar-refractivity contribution in [3.63, 3.8) is 0 Å². The van der Waals surface area contributed by atoms with Gasteiger partial charge in [0, 0.05) is 45.7 Å². The van der Waals surface area contributed by atoms with Crippen molar-refractivity contribution >= 4 is 113 Å². The normalized spacial score (nSPS) is 13.4. The number of aliphatic carboxylic acids is 1. The summed E-state index contributed by atoms with van der Waals surface area (Å²) in [7, 11) is 0. The van der Waals surface area contributed by atoms with Gasteiger partial charge < -0.3 is 160 Å². The molecular formula is C66H121N33O15. The van der Waals surface area contributed by atoms with E-state index in [0.717, 1.165) is 0 Å². The van der Waals surface area contributed by atoms with Crippen molar-refractivity contribution in [3.05, 3.63) is 29.8 Å². The molecule has 48 heteroatoms. The molecule has 1 aromatic rings. The molecule has 45 N–H and O–H groups in total. The molecule has 0 aliphatic rings. The van der Waals surface area contributed by atoms with Gasteiger partial charge in [-0.3, -0.25) is 92.3 Å². The van der Waals surface area contributed by atoms with E-state index in [2.05, 4.69) is 88.4 Å². The van der Waals surface area contributed by atoms with Crippen molar-refractivity contribution in [2.75, 3.05) is 65.4 Å². The molecule has 1 rings (SSSR count). The minimum absolute atomic E-state index is 0.0000909. The minimum atomic E-state index is -1.76. The molecule has 0 radical (unpaired) electrons. The molecule has 0 aliphatic carbocycles. The summed E-state index contributed by atoms with van der Waals surface area (Å²) in [5.74, 6) is -14.6. The average molecular weight is 1620 g/mol. The van der Waals surface area contributed by atoms with E-state index in [0.29, 0.717) is 18.4 Å². The molecule has 0 heterocycles. The molecule has 0 aliphatic heterocycles. The molecular weight excluding hydrogens is 1490 g/mol. The summed E-state index contributed by atoms with van der Waals surface area (Å²) in [4.78, 5) is 204. The van der Waals surface area contributed by atoms with Crippen LogP contribution in [0.25, 0.3) is 0 Å². The number of carbonyl (C=O) groups excluding carboxylic acids is 12. The minimum Gasteiger partial charge on any atom is -0.508 e. The number of amides is 12. The van der Waals surface area contributed by atoms with Gasteiger partial charge in [-0.2, -0.15) is 0 Å².